The number of nitrogens with zero attached hydrogens (tertiary/aromatic N) is 2. The third kappa shape index (κ3) is 5.84. The van der Waals surface area contributed by atoms with Crippen molar-refractivity contribution in [1.82, 2.24) is 9.88 Å². The first-order valence-electron chi connectivity index (χ1n) is 7.87. The van der Waals surface area contributed by atoms with E-state index in [4.69, 9.17) is 4.74 Å². The minimum atomic E-state index is -0.336. The van der Waals surface area contributed by atoms with E-state index in [1.54, 1.807) is 36.4 Å². The molecule has 122 valence electrons. The van der Waals surface area contributed by atoms with Gasteiger partial charge in [-0.1, -0.05) is 33.1 Å². The van der Waals surface area contributed by atoms with Crippen LogP contribution in [0.5, 0.6) is 0 Å². The molecule has 0 spiro atoms. The maximum absolute atomic E-state index is 12.6. The van der Waals surface area contributed by atoms with Crippen LogP contribution in [-0.4, -0.2) is 42.0 Å². The van der Waals surface area contributed by atoms with Crippen molar-refractivity contribution in [3.8, 4) is 0 Å². The molecule has 1 atom stereocenters. The fraction of sp³-hybridized carbons (Fsp3) is 0.588. The molecule has 0 N–H and O–H groups in total. The van der Waals surface area contributed by atoms with Crippen LogP contribution in [0.15, 0.2) is 24.5 Å². The Hall–Kier alpha value is -1.91. The highest BCUT2D eigenvalue weighted by Crippen LogP contribution is 2.10. The minimum absolute atomic E-state index is 0.0830. The molecule has 1 rings (SSSR count). The fourth-order valence-corrected chi connectivity index (χ4v) is 2.28. The number of carbonyl (C=O) groups is 2. The predicted molar refractivity (Wildman–Crippen MR) is 85.5 cm³/mol. The summed E-state index contributed by atoms with van der Waals surface area (Å²) in [5, 5.41) is 0. The quantitative estimate of drug-likeness (QED) is 0.520. The number of ether oxygens (including phenoxy) is 1. The van der Waals surface area contributed by atoms with Gasteiger partial charge >= 0.3 is 5.97 Å². The van der Waals surface area contributed by atoms with E-state index in [9.17, 15) is 9.59 Å². The van der Waals surface area contributed by atoms with Gasteiger partial charge in [0, 0.05) is 25.5 Å². The van der Waals surface area contributed by atoms with Crippen LogP contribution < -0.4 is 0 Å². The Morgan fingerprint density at radius 2 is 2.09 bits per heavy atom. The van der Waals surface area contributed by atoms with Crippen LogP contribution in [0.25, 0.3) is 0 Å². The Morgan fingerprint density at radius 1 is 1.32 bits per heavy atom. The van der Waals surface area contributed by atoms with Crippen LogP contribution >= 0.6 is 0 Å². The van der Waals surface area contributed by atoms with Crippen LogP contribution in [0.4, 0.5) is 0 Å². The van der Waals surface area contributed by atoms with Crippen LogP contribution in [0.1, 0.15) is 49.9 Å². The third-order valence-electron chi connectivity index (χ3n) is 3.58. The number of amides is 1. The molecule has 5 nitrogen and oxygen atoms in total. The molecule has 1 aromatic heterocycles. The average molecular weight is 306 g/mol. The molecule has 1 heterocycles. The highest BCUT2D eigenvalue weighted by Gasteiger charge is 2.22. The fourth-order valence-electron chi connectivity index (χ4n) is 2.28. The number of unbranched alkanes of at least 4 members (excludes halogenated alkanes) is 3. The molecule has 0 aromatic carbocycles. The SMILES string of the molecule is CCCCCCN(CC(C)C(=O)OC)C(=O)c1cccnc1. The molecule has 0 saturated carbocycles. The van der Waals surface area contributed by atoms with Crippen molar-refractivity contribution >= 4 is 11.9 Å². The maximum atomic E-state index is 12.6. The van der Waals surface area contributed by atoms with Gasteiger partial charge in [-0.25, -0.2) is 0 Å². The average Bonchev–Trinajstić information content (AvgIpc) is 2.56. The summed E-state index contributed by atoms with van der Waals surface area (Å²) in [5.74, 6) is -0.713. The Kier molecular flexibility index (Phi) is 8.18. The lowest BCUT2D eigenvalue weighted by molar-refractivity contribution is -0.145. The number of pyridine rings is 1. The molecular weight excluding hydrogens is 280 g/mol. The van der Waals surface area contributed by atoms with E-state index in [1.807, 2.05) is 0 Å². The van der Waals surface area contributed by atoms with Crippen LogP contribution in [-0.2, 0) is 9.53 Å². The monoisotopic (exact) mass is 306 g/mol. The van der Waals surface area contributed by atoms with Crippen LogP contribution in [0, 0.1) is 5.92 Å². The zero-order valence-electron chi connectivity index (χ0n) is 13.7. The first-order valence-corrected chi connectivity index (χ1v) is 7.87. The highest BCUT2D eigenvalue weighted by molar-refractivity contribution is 5.94. The lowest BCUT2D eigenvalue weighted by Crippen LogP contribution is -2.38. The van der Waals surface area contributed by atoms with E-state index < -0.39 is 0 Å². The normalized spacial score (nSPS) is 11.8. The van der Waals surface area contributed by atoms with Crippen molar-refractivity contribution in [1.29, 1.82) is 0 Å². The summed E-state index contributed by atoms with van der Waals surface area (Å²) in [5.41, 5.74) is 0.551. The Bertz CT molecular complexity index is 462. The van der Waals surface area contributed by atoms with E-state index in [1.165, 1.54) is 7.11 Å². The number of carbonyl (C=O) groups excluding carboxylic acids is 2. The highest BCUT2D eigenvalue weighted by atomic mass is 16.5. The summed E-state index contributed by atoms with van der Waals surface area (Å²) < 4.78 is 4.75. The van der Waals surface area contributed by atoms with Crippen molar-refractivity contribution in [3.63, 3.8) is 0 Å². The molecule has 0 saturated heterocycles. The van der Waals surface area contributed by atoms with Gasteiger partial charge in [-0.15, -0.1) is 0 Å². The lowest BCUT2D eigenvalue weighted by atomic mass is 10.1. The van der Waals surface area contributed by atoms with E-state index in [0.29, 0.717) is 18.7 Å². The van der Waals surface area contributed by atoms with Crippen molar-refractivity contribution < 1.29 is 14.3 Å². The maximum Gasteiger partial charge on any atom is 0.310 e. The lowest BCUT2D eigenvalue weighted by Gasteiger charge is -2.25. The molecule has 1 unspecified atom stereocenters. The summed E-state index contributed by atoms with van der Waals surface area (Å²) >= 11 is 0. The second-order valence-corrected chi connectivity index (χ2v) is 5.48. The van der Waals surface area contributed by atoms with Crippen LogP contribution in [0.2, 0.25) is 0 Å². The minimum Gasteiger partial charge on any atom is -0.469 e. The molecule has 0 radical (unpaired) electrons. The van der Waals surface area contributed by atoms with Gasteiger partial charge in [0.1, 0.15) is 0 Å². The van der Waals surface area contributed by atoms with Crippen molar-refractivity contribution in [2.24, 2.45) is 5.92 Å². The van der Waals surface area contributed by atoms with Gasteiger partial charge in [0.15, 0.2) is 0 Å². The Morgan fingerprint density at radius 3 is 2.68 bits per heavy atom. The molecule has 0 bridgehead atoms. The molecule has 1 amide bonds. The molecular formula is C17H26N2O3. The molecule has 22 heavy (non-hydrogen) atoms. The van der Waals surface area contributed by atoms with Gasteiger partial charge in [-0.3, -0.25) is 14.6 Å². The van der Waals surface area contributed by atoms with E-state index >= 15 is 0 Å². The number of esters is 1. The second kappa shape index (κ2) is 9.92. The van der Waals surface area contributed by atoms with Gasteiger partial charge in [0.25, 0.3) is 5.91 Å². The summed E-state index contributed by atoms with van der Waals surface area (Å²) in [6, 6.07) is 3.49. The van der Waals surface area contributed by atoms with E-state index in [-0.39, 0.29) is 17.8 Å². The predicted octanol–water partition coefficient (Wildman–Crippen LogP) is 2.91. The smallest absolute Gasteiger partial charge is 0.310 e. The van der Waals surface area contributed by atoms with Gasteiger partial charge in [-0.05, 0) is 18.6 Å². The Balaban J connectivity index is 2.72. The van der Waals surface area contributed by atoms with Crippen LogP contribution in [0.3, 0.4) is 0 Å². The number of hydrogen-bond acceptors (Lipinski definition) is 4. The number of rotatable bonds is 9. The molecule has 0 fully saturated rings. The molecule has 0 aliphatic carbocycles. The zero-order chi connectivity index (χ0) is 16.4. The van der Waals surface area contributed by atoms with Gasteiger partial charge < -0.3 is 9.64 Å². The van der Waals surface area contributed by atoms with E-state index in [2.05, 4.69) is 11.9 Å². The zero-order valence-corrected chi connectivity index (χ0v) is 13.7. The van der Waals surface area contributed by atoms with Gasteiger partial charge in [-0.2, -0.15) is 0 Å². The van der Waals surface area contributed by atoms with Gasteiger partial charge in [0.2, 0.25) is 0 Å². The molecule has 5 heteroatoms. The molecule has 1 aromatic rings. The van der Waals surface area contributed by atoms with Crippen molar-refractivity contribution in [3.05, 3.63) is 30.1 Å². The Labute approximate surface area is 132 Å². The summed E-state index contributed by atoms with van der Waals surface area (Å²) in [6.07, 6.45) is 7.52. The summed E-state index contributed by atoms with van der Waals surface area (Å²) in [6.45, 7) is 4.95. The first-order chi connectivity index (χ1) is 10.6. The topological polar surface area (TPSA) is 59.5 Å². The third-order valence-corrected chi connectivity index (χ3v) is 3.58. The second-order valence-electron chi connectivity index (χ2n) is 5.48. The first kappa shape index (κ1) is 18.1. The molecule has 0 aliphatic rings. The molecule has 0 aliphatic heterocycles. The number of aromatic nitrogens is 1. The number of hydrogen-bond donors (Lipinski definition) is 0. The van der Waals surface area contributed by atoms with Crippen molar-refractivity contribution in [2.45, 2.75) is 39.5 Å². The number of methoxy groups -OCH3 is 1. The summed E-state index contributed by atoms with van der Waals surface area (Å²) in [4.78, 5) is 29.9. The van der Waals surface area contributed by atoms with Gasteiger partial charge in [0.05, 0.1) is 18.6 Å². The standard InChI is InChI=1S/C17H26N2O3/c1-4-5-6-7-11-19(13-14(2)17(21)22-3)16(20)15-9-8-10-18-12-15/h8-10,12,14H,4-7,11,13H2,1-3H3. The largest absolute Gasteiger partial charge is 0.469 e. The van der Waals surface area contributed by atoms with Crippen molar-refractivity contribution in [2.75, 3.05) is 20.2 Å². The summed E-state index contributed by atoms with van der Waals surface area (Å²) in [7, 11) is 1.37. The van der Waals surface area contributed by atoms with E-state index in [0.717, 1.165) is 25.7 Å².